The van der Waals surface area contributed by atoms with Crippen LogP contribution in [0.1, 0.15) is 11.1 Å². The summed E-state index contributed by atoms with van der Waals surface area (Å²) in [4.78, 5) is 1.24. The van der Waals surface area contributed by atoms with Crippen molar-refractivity contribution in [1.29, 1.82) is 10.5 Å². The van der Waals surface area contributed by atoms with Crippen molar-refractivity contribution >= 4 is 21.4 Å². The van der Waals surface area contributed by atoms with Crippen LogP contribution in [-0.2, 0) is 0 Å². The Bertz CT molecular complexity index is 2000. The molecule has 6 aromatic carbocycles. The molecule has 0 saturated carbocycles. The minimum absolute atomic E-state index is 0.663. The van der Waals surface area contributed by atoms with Crippen LogP contribution in [0.2, 0.25) is 0 Å². The zero-order chi connectivity index (χ0) is 29.2. The third-order valence-corrected chi connectivity index (χ3v) is 8.94. The third kappa shape index (κ3) is 5.34. The average molecular weight is 565 g/mol. The van der Waals surface area contributed by atoms with Crippen molar-refractivity contribution in [3.05, 3.63) is 157 Å². The number of rotatable bonds is 5. The van der Waals surface area contributed by atoms with E-state index < -0.39 is 0 Å². The van der Waals surface area contributed by atoms with Crippen molar-refractivity contribution in [2.24, 2.45) is 0 Å². The molecule has 0 aliphatic heterocycles. The number of hydrogen-bond donors (Lipinski definition) is 0. The van der Waals surface area contributed by atoms with Gasteiger partial charge in [-0.05, 0) is 110 Å². The normalized spacial score (nSPS) is 10.7. The molecule has 0 amide bonds. The fraction of sp³-hybridized carbons (Fsp3) is 0. The van der Waals surface area contributed by atoms with Crippen LogP contribution >= 0.6 is 11.3 Å². The standard InChI is InChI=1S/C40H24N2S/c41-25-27-5-9-29(10-6-27)31-13-17-33(18-14-31)36-21-37(23-38(22-36)40-24-35-3-1-2-4-39(35)43-40)34-19-15-32(16-20-34)30-11-7-28(26-42)8-12-30/h1-24H. The van der Waals surface area contributed by atoms with E-state index in [-0.39, 0.29) is 0 Å². The second-order valence-electron chi connectivity index (χ2n) is 10.5. The third-order valence-electron chi connectivity index (χ3n) is 7.77. The zero-order valence-electron chi connectivity index (χ0n) is 23.2. The summed E-state index contributed by atoms with van der Waals surface area (Å²) in [5.74, 6) is 0. The molecule has 0 fully saturated rings. The first-order chi connectivity index (χ1) is 21.2. The lowest BCUT2D eigenvalue weighted by molar-refractivity contribution is 1.48. The summed E-state index contributed by atoms with van der Waals surface area (Å²) in [6.45, 7) is 0. The Morgan fingerprint density at radius 3 is 1.16 bits per heavy atom. The second-order valence-corrected chi connectivity index (χ2v) is 11.6. The molecule has 1 aromatic heterocycles. The molecule has 0 N–H and O–H groups in total. The lowest BCUT2D eigenvalue weighted by Gasteiger charge is -2.12. The summed E-state index contributed by atoms with van der Waals surface area (Å²) in [6, 6.07) is 54.7. The van der Waals surface area contributed by atoms with Gasteiger partial charge in [-0.3, -0.25) is 0 Å². The van der Waals surface area contributed by atoms with E-state index >= 15 is 0 Å². The zero-order valence-corrected chi connectivity index (χ0v) is 24.0. The molecule has 43 heavy (non-hydrogen) atoms. The van der Waals surface area contributed by atoms with E-state index in [1.807, 2.05) is 59.9 Å². The molecule has 2 nitrogen and oxygen atoms in total. The van der Waals surface area contributed by atoms with Crippen molar-refractivity contribution < 1.29 is 0 Å². The highest BCUT2D eigenvalue weighted by Crippen LogP contribution is 2.39. The monoisotopic (exact) mass is 564 g/mol. The van der Waals surface area contributed by atoms with E-state index in [4.69, 9.17) is 10.5 Å². The predicted molar refractivity (Wildman–Crippen MR) is 178 cm³/mol. The van der Waals surface area contributed by atoms with Crippen LogP contribution in [0.15, 0.2) is 146 Å². The molecule has 0 radical (unpaired) electrons. The number of thiophene rings is 1. The Kier molecular flexibility index (Phi) is 6.86. The molecule has 3 heteroatoms. The molecular formula is C40H24N2S. The quantitative estimate of drug-likeness (QED) is 0.209. The first-order valence-corrected chi connectivity index (χ1v) is 14.8. The van der Waals surface area contributed by atoms with Crippen LogP contribution in [-0.4, -0.2) is 0 Å². The van der Waals surface area contributed by atoms with Crippen LogP contribution in [0, 0.1) is 22.7 Å². The number of fused-ring (bicyclic) bond motifs is 1. The summed E-state index contributed by atoms with van der Waals surface area (Å²) in [5, 5.41) is 19.5. The lowest BCUT2D eigenvalue weighted by atomic mass is 9.93. The summed E-state index contributed by atoms with van der Waals surface area (Å²) in [5.41, 5.74) is 11.6. The van der Waals surface area contributed by atoms with Gasteiger partial charge in [-0.15, -0.1) is 11.3 Å². The first-order valence-electron chi connectivity index (χ1n) is 14.0. The van der Waals surface area contributed by atoms with Gasteiger partial charge in [0, 0.05) is 9.58 Å². The molecule has 200 valence electrons. The predicted octanol–water partition coefficient (Wildman–Crippen LogP) is 11.0. The van der Waals surface area contributed by atoms with Crippen molar-refractivity contribution in [2.75, 3.05) is 0 Å². The molecule has 7 aromatic rings. The fourth-order valence-corrected chi connectivity index (χ4v) is 6.46. The van der Waals surface area contributed by atoms with Gasteiger partial charge in [0.2, 0.25) is 0 Å². The second kappa shape index (κ2) is 11.3. The SMILES string of the molecule is N#Cc1ccc(-c2ccc(-c3cc(-c4ccc(-c5ccc(C#N)cc5)cc4)cc(-c4cc5ccccc5s4)c3)cc2)cc1. The maximum absolute atomic E-state index is 9.14. The van der Waals surface area contributed by atoms with E-state index in [1.165, 1.54) is 20.5 Å². The Labute approximate surface area is 255 Å². The summed E-state index contributed by atoms with van der Waals surface area (Å²) >= 11 is 1.82. The Balaban J connectivity index is 1.28. The highest BCUT2D eigenvalue weighted by atomic mass is 32.1. The Morgan fingerprint density at radius 1 is 0.372 bits per heavy atom. The van der Waals surface area contributed by atoms with Crippen LogP contribution in [0.5, 0.6) is 0 Å². The van der Waals surface area contributed by atoms with E-state index in [1.54, 1.807) is 0 Å². The smallest absolute Gasteiger partial charge is 0.0991 e. The molecule has 0 unspecified atom stereocenters. The van der Waals surface area contributed by atoms with Gasteiger partial charge < -0.3 is 0 Å². The molecule has 1 heterocycles. The molecule has 0 aliphatic carbocycles. The summed E-state index contributed by atoms with van der Waals surface area (Å²) < 4.78 is 1.28. The Hall–Kier alpha value is -5.74. The topological polar surface area (TPSA) is 47.6 Å². The molecule has 0 saturated heterocycles. The molecular weight excluding hydrogens is 541 g/mol. The van der Waals surface area contributed by atoms with Gasteiger partial charge in [-0.25, -0.2) is 0 Å². The first kappa shape index (κ1) is 26.2. The van der Waals surface area contributed by atoms with Crippen LogP contribution < -0.4 is 0 Å². The maximum Gasteiger partial charge on any atom is 0.0991 e. The van der Waals surface area contributed by atoms with Gasteiger partial charge in [0.25, 0.3) is 0 Å². The molecule has 0 bridgehead atoms. The minimum atomic E-state index is 0.663. The van der Waals surface area contributed by atoms with Gasteiger partial charge in [-0.1, -0.05) is 91.0 Å². The van der Waals surface area contributed by atoms with Crippen LogP contribution in [0.25, 0.3) is 65.0 Å². The molecule has 0 atom stereocenters. The highest BCUT2D eigenvalue weighted by Gasteiger charge is 2.11. The van der Waals surface area contributed by atoms with Crippen molar-refractivity contribution in [3.63, 3.8) is 0 Å². The molecule has 0 spiro atoms. The van der Waals surface area contributed by atoms with Crippen molar-refractivity contribution in [1.82, 2.24) is 0 Å². The summed E-state index contributed by atoms with van der Waals surface area (Å²) in [7, 11) is 0. The largest absolute Gasteiger partial charge is 0.192 e. The van der Waals surface area contributed by atoms with Crippen molar-refractivity contribution in [3.8, 4) is 67.1 Å². The number of benzene rings is 6. The van der Waals surface area contributed by atoms with Gasteiger partial charge in [0.1, 0.15) is 0 Å². The number of nitrogens with zero attached hydrogens (tertiary/aromatic N) is 2. The number of hydrogen-bond acceptors (Lipinski definition) is 3. The Morgan fingerprint density at radius 2 is 0.744 bits per heavy atom. The maximum atomic E-state index is 9.14. The van der Waals surface area contributed by atoms with Crippen LogP contribution in [0.3, 0.4) is 0 Å². The van der Waals surface area contributed by atoms with Gasteiger partial charge >= 0.3 is 0 Å². The minimum Gasteiger partial charge on any atom is -0.192 e. The van der Waals surface area contributed by atoms with Crippen LogP contribution in [0.4, 0.5) is 0 Å². The van der Waals surface area contributed by atoms with Gasteiger partial charge in [-0.2, -0.15) is 10.5 Å². The van der Waals surface area contributed by atoms with E-state index in [2.05, 4.69) is 109 Å². The lowest BCUT2D eigenvalue weighted by Crippen LogP contribution is -1.86. The van der Waals surface area contributed by atoms with E-state index in [0.29, 0.717) is 11.1 Å². The van der Waals surface area contributed by atoms with Crippen molar-refractivity contribution in [2.45, 2.75) is 0 Å². The van der Waals surface area contributed by atoms with Gasteiger partial charge in [0.15, 0.2) is 0 Å². The van der Waals surface area contributed by atoms with E-state index in [9.17, 15) is 0 Å². The molecule has 0 aliphatic rings. The fourth-order valence-electron chi connectivity index (χ4n) is 5.41. The van der Waals surface area contributed by atoms with E-state index in [0.717, 1.165) is 44.5 Å². The average Bonchev–Trinajstić information content (AvgIpc) is 3.53. The van der Waals surface area contributed by atoms with Gasteiger partial charge in [0.05, 0.1) is 23.3 Å². The number of nitriles is 2. The highest BCUT2D eigenvalue weighted by molar-refractivity contribution is 7.22. The summed E-state index contributed by atoms with van der Waals surface area (Å²) in [6.07, 6.45) is 0. The molecule has 7 rings (SSSR count).